The summed E-state index contributed by atoms with van der Waals surface area (Å²) in [6.07, 6.45) is 8.70. The maximum absolute atomic E-state index is 13.3. The molecule has 2 aromatic rings. The number of carbonyl (C=O) groups excluding carboxylic acids is 1. The lowest BCUT2D eigenvalue weighted by atomic mass is 9.82. The number of likely N-dealkylation sites (tertiary alicyclic amines) is 1. The van der Waals surface area contributed by atoms with E-state index in [1.54, 1.807) is 19.4 Å². The zero-order valence-electron chi connectivity index (χ0n) is 18.6. The molecule has 3 aliphatic rings. The zero-order valence-corrected chi connectivity index (χ0v) is 18.6. The molecule has 1 aromatic carbocycles. The van der Waals surface area contributed by atoms with Crippen LogP contribution in [0.3, 0.4) is 0 Å². The van der Waals surface area contributed by atoms with E-state index in [0.717, 1.165) is 43.9 Å². The van der Waals surface area contributed by atoms with Crippen LogP contribution in [0.1, 0.15) is 73.3 Å². The molecule has 0 N–H and O–H groups in total. The van der Waals surface area contributed by atoms with Gasteiger partial charge in [-0.3, -0.25) is 9.69 Å². The van der Waals surface area contributed by atoms with Gasteiger partial charge in [0.1, 0.15) is 17.9 Å². The molecule has 0 radical (unpaired) electrons. The molecule has 1 aromatic heterocycles. The second-order valence-electron chi connectivity index (χ2n) is 9.51. The molecule has 166 valence electrons. The van der Waals surface area contributed by atoms with E-state index in [4.69, 9.17) is 9.47 Å². The van der Waals surface area contributed by atoms with Crippen molar-refractivity contribution in [2.75, 3.05) is 33.4 Å². The number of fused-ring (bicyclic) bond motifs is 3. The number of methoxy groups -OCH3 is 1. The lowest BCUT2D eigenvalue weighted by molar-refractivity contribution is 0.0440. The fourth-order valence-corrected chi connectivity index (χ4v) is 5.74. The molecule has 31 heavy (non-hydrogen) atoms. The average molecular weight is 425 g/mol. The van der Waals surface area contributed by atoms with E-state index in [1.165, 1.54) is 31.2 Å². The predicted octanol–water partition coefficient (Wildman–Crippen LogP) is 4.11. The Morgan fingerprint density at radius 2 is 1.90 bits per heavy atom. The highest BCUT2D eigenvalue weighted by Crippen LogP contribution is 2.50. The fourth-order valence-electron chi connectivity index (χ4n) is 5.74. The number of hydrogen-bond acceptors (Lipinski definition) is 5. The van der Waals surface area contributed by atoms with Gasteiger partial charge in [0, 0.05) is 24.7 Å². The lowest BCUT2D eigenvalue weighted by Gasteiger charge is -2.29. The molecule has 0 spiro atoms. The predicted molar refractivity (Wildman–Crippen MR) is 120 cm³/mol. The molecular weight excluding hydrogens is 392 g/mol. The van der Waals surface area contributed by atoms with Crippen LogP contribution in [0.25, 0.3) is 10.9 Å². The maximum Gasteiger partial charge on any atom is 0.343 e. The molecule has 0 bridgehead atoms. The van der Waals surface area contributed by atoms with Gasteiger partial charge >= 0.3 is 5.97 Å². The second-order valence-corrected chi connectivity index (χ2v) is 9.51. The first-order valence-corrected chi connectivity index (χ1v) is 11.7. The van der Waals surface area contributed by atoms with Gasteiger partial charge in [-0.1, -0.05) is 19.8 Å². The summed E-state index contributed by atoms with van der Waals surface area (Å²) in [4.78, 5) is 28.6. The Hall–Kier alpha value is -2.34. The number of carbonyl (C=O) groups is 1. The van der Waals surface area contributed by atoms with Crippen molar-refractivity contribution >= 4 is 16.9 Å². The molecule has 3 heterocycles. The quantitative estimate of drug-likeness (QED) is 0.676. The first-order valence-electron chi connectivity index (χ1n) is 11.7. The molecule has 2 unspecified atom stereocenters. The minimum Gasteiger partial charge on any atom is -0.497 e. The number of aromatic nitrogens is 1. The summed E-state index contributed by atoms with van der Waals surface area (Å²) in [6, 6.07) is 4.16. The number of benzene rings is 1. The smallest absolute Gasteiger partial charge is 0.343 e. The Kier molecular flexibility index (Phi) is 5.51. The highest BCUT2D eigenvalue weighted by atomic mass is 16.5. The third-order valence-electron chi connectivity index (χ3n) is 7.59. The molecule has 1 aliphatic carbocycles. The Bertz CT molecular complexity index is 1050. The molecule has 1 saturated heterocycles. The molecule has 6 heteroatoms. The van der Waals surface area contributed by atoms with Crippen LogP contribution in [0.5, 0.6) is 5.75 Å². The third kappa shape index (κ3) is 3.65. The van der Waals surface area contributed by atoms with Gasteiger partial charge in [0.25, 0.3) is 0 Å². The summed E-state index contributed by atoms with van der Waals surface area (Å²) in [5.74, 6) is 1.33. The van der Waals surface area contributed by atoms with Gasteiger partial charge in [-0.25, -0.2) is 4.79 Å². The number of piperidine rings is 1. The standard InChI is InChI=1S/C25H32N2O4/c1-16-7-9-26(10-8-16)11-12-31-25(29)21-15-27-22-6-4-3-5-18(22)19-13-17(30-2)14-20(23(19)27)24(21)28/h13-16,18,22H,3-12H2,1-2H3. The van der Waals surface area contributed by atoms with Crippen LogP contribution in [0, 0.1) is 5.92 Å². The zero-order chi connectivity index (χ0) is 21.5. The molecule has 5 rings (SSSR count). The van der Waals surface area contributed by atoms with Crippen LogP contribution in [-0.2, 0) is 4.74 Å². The molecule has 2 fully saturated rings. The summed E-state index contributed by atoms with van der Waals surface area (Å²) in [5, 5.41) is 0.572. The maximum atomic E-state index is 13.3. The SMILES string of the molecule is COc1cc2c3c(c1)c(=O)c(C(=O)OCCN1CCC(C)CC1)cn3C1CCCCC21. The average Bonchev–Trinajstić information content (AvgIpc) is 3.11. The van der Waals surface area contributed by atoms with E-state index < -0.39 is 5.97 Å². The number of ether oxygens (including phenoxy) is 2. The van der Waals surface area contributed by atoms with Crippen LogP contribution in [0.4, 0.5) is 0 Å². The van der Waals surface area contributed by atoms with Crippen molar-refractivity contribution in [2.45, 2.75) is 57.4 Å². The number of nitrogens with zero attached hydrogens (tertiary/aromatic N) is 2. The Labute approximate surface area is 183 Å². The van der Waals surface area contributed by atoms with E-state index in [0.29, 0.717) is 29.7 Å². The van der Waals surface area contributed by atoms with E-state index in [9.17, 15) is 9.59 Å². The van der Waals surface area contributed by atoms with Gasteiger partial charge in [-0.15, -0.1) is 0 Å². The number of hydrogen-bond donors (Lipinski definition) is 0. The molecular formula is C25H32N2O4. The molecule has 2 aliphatic heterocycles. The highest BCUT2D eigenvalue weighted by Gasteiger charge is 2.37. The van der Waals surface area contributed by atoms with Gasteiger partial charge in [-0.05, 0) is 62.4 Å². The van der Waals surface area contributed by atoms with Gasteiger partial charge in [0.2, 0.25) is 5.43 Å². The van der Waals surface area contributed by atoms with Crippen molar-refractivity contribution in [2.24, 2.45) is 5.92 Å². The van der Waals surface area contributed by atoms with Crippen molar-refractivity contribution in [1.29, 1.82) is 0 Å². The summed E-state index contributed by atoms with van der Waals surface area (Å²) in [6.45, 7) is 5.43. The summed E-state index contributed by atoms with van der Waals surface area (Å²) in [7, 11) is 1.62. The Morgan fingerprint density at radius 1 is 1.13 bits per heavy atom. The Balaban J connectivity index is 1.42. The van der Waals surface area contributed by atoms with Crippen LogP contribution in [-0.4, -0.2) is 48.8 Å². The van der Waals surface area contributed by atoms with Gasteiger partial charge < -0.3 is 14.0 Å². The number of esters is 1. The minimum atomic E-state index is -0.510. The third-order valence-corrected chi connectivity index (χ3v) is 7.59. The van der Waals surface area contributed by atoms with E-state index in [-0.39, 0.29) is 11.0 Å². The summed E-state index contributed by atoms with van der Waals surface area (Å²) < 4.78 is 13.2. The molecule has 2 atom stereocenters. The molecule has 6 nitrogen and oxygen atoms in total. The lowest BCUT2D eigenvalue weighted by Crippen LogP contribution is -2.35. The van der Waals surface area contributed by atoms with Gasteiger partial charge in [-0.2, -0.15) is 0 Å². The van der Waals surface area contributed by atoms with Gasteiger partial charge in [0.05, 0.1) is 18.0 Å². The first-order chi connectivity index (χ1) is 15.1. The van der Waals surface area contributed by atoms with Crippen LogP contribution >= 0.6 is 0 Å². The van der Waals surface area contributed by atoms with E-state index in [2.05, 4.69) is 22.5 Å². The van der Waals surface area contributed by atoms with Crippen LogP contribution in [0.2, 0.25) is 0 Å². The minimum absolute atomic E-state index is 0.144. The van der Waals surface area contributed by atoms with Gasteiger partial charge in [0.15, 0.2) is 0 Å². The van der Waals surface area contributed by atoms with Crippen molar-refractivity contribution in [3.63, 3.8) is 0 Å². The number of rotatable bonds is 5. The van der Waals surface area contributed by atoms with Crippen LogP contribution in [0.15, 0.2) is 23.1 Å². The van der Waals surface area contributed by atoms with E-state index in [1.807, 2.05) is 0 Å². The van der Waals surface area contributed by atoms with Crippen molar-refractivity contribution in [1.82, 2.24) is 9.47 Å². The fraction of sp³-hybridized carbons (Fsp3) is 0.600. The van der Waals surface area contributed by atoms with Crippen molar-refractivity contribution in [3.05, 3.63) is 39.7 Å². The largest absolute Gasteiger partial charge is 0.497 e. The van der Waals surface area contributed by atoms with E-state index >= 15 is 0 Å². The monoisotopic (exact) mass is 424 g/mol. The first kappa shape index (κ1) is 20.6. The summed E-state index contributed by atoms with van der Waals surface area (Å²) >= 11 is 0. The van der Waals surface area contributed by atoms with Crippen molar-refractivity contribution in [3.8, 4) is 5.75 Å². The molecule has 0 amide bonds. The van der Waals surface area contributed by atoms with Crippen molar-refractivity contribution < 1.29 is 14.3 Å². The molecule has 1 saturated carbocycles. The summed E-state index contributed by atoms with van der Waals surface area (Å²) in [5.41, 5.74) is 2.06. The highest BCUT2D eigenvalue weighted by molar-refractivity contribution is 5.95. The topological polar surface area (TPSA) is 60.8 Å². The normalized spacial score (nSPS) is 23.7. The number of pyridine rings is 1. The second kappa shape index (κ2) is 8.30. The Morgan fingerprint density at radius 3 is 2.68 bits per heavy atom. The van der Waals surface area contributed by atoms with Crippen LogP contribution < -0.4 is 10.2 Å².